The summed E-state index contributed by atoms with van der Waals surface area (Å²) in [4.78, 5) is 28.5. The van der Waals surface area contributed by atoms with E-state index in [9.17, 15) is 22.4 Å². The van der Waals surface area contributed by atoms with Crippen molar-refractivity contribution in [2.75, 3.05) is 24.5 Å². The molecule has 40 heavy (non-hydrogen) atoms. The van der Waals surface area contributed by atoms with E-state index in [-0.39, 0.29) is 23.0 Å². The summed E-state index contributed by atoms with van der Waals surface area (Å²) in [5.41, 5.74) is 1.72. The molecule has 3 rings (SSSR count). The lowest BCUT2D eigenvalue weighted by atomic mass is 10.1. The van der Waals surface area contributed by atoms with E-state index in [2.05, 4.69) is 5.32 Å². The van der Waals surface area contributed by atoms with E-state index in [4.69, 9.17) is 4.74 Å². The largest absolute Gasteiger partial charge is 0.497 e. The van der Waals surface area contributed by atoms with Crippen LogP contribution >= 0.6 is 0 Å². The molecule has 0 heterocycles. The van der Waals surface area contributed by atoms with Crippen molar-refractivity contribution in [3.05, 3.63) is 89.7 Å². The van der Waals surface area contributed by atoms with Crippen molar-refractivity contribution >= 4 is 27.5 Å². The van der Waals surface area contributed by atoms with E-state index in [1.807, 2.05) is 13.8 Å². The molecular weight excluding hydrogens is 533 g/mol. The van der Waals surface area contributed by atoms with Gasteiger partial charge in [0.05, 0.1) is 17.7 Å². The van der Waals surface area contributed by atoms with Crippen molar-refractivity contribution in [3.8, 4) is 5.75 Å². The van der Waals surface area contributed by atoms with E-state index in [1.54, 1.807) is 37.3 Å². The van der Waals surface area contributed by atoms with Gasteiger partial charge < -0.3 is 15.0 Å². The maximum absolute atomic E-state index is 14.0. The van der Waals surface area contributed by atoms with Crippen molar-refractivity contribution in [2.45, 2.75) is 51.1 Å². The van der Waals surface area contributed by atoms with Crippen LogP contribution in [-0.2, 0) is 26.2 Å². The molecule has 10 heteroatoms. The zero-order chi connectivity index (χ0) is 29.3. The Labute approximate surface area is 235 Å². The number of ether oxygens (including phenoxy) is 1. The normalized spacial score (nSPS) is 11.9. The van der Waals surface area contributed by atoms with Crippen LogP contribution in [0.1, 0.15) is 37.8 Å². The molecule has 0 aliphatic carbocycles. The Morgan fingerprint density at radius 2 is 1.68 bits per heavy atom. The molecule has 1 N–H and O–H groups in total. The molecule has 0 spiro atoms. The van der Waals surface area contributed by atoms with Gasteiger partial charge in [0, 0.05) is 19.2 Å². The molecule has 3 aromatic rings. The number of anilines is 1. The Balaban J connectivity index is 2.06. The highest BCUT2D eigenvalue weighted by Gasteiger charge is 2.33. The zero-order valence-corrected chi connectivity index (χ0v) is 24.1. The van der Waals surface area contributed by atoms with Crippen molar-refractivity contribution in [1.82, 2.24) is 10.2 Å². The minimum Gasteiger partial charge on any atom is -0.497 e. The minimum atomic E-state index is -4.19. The lowest BCUT2D eigenvalue weighted by Gasteiger charge is -2.33. The highest BCUT2D eigenvalue weighted by molar-refractivity contribution is 7.92. The number of rotatable bonds is 13. The molecule has 0 saturated carbocycles. The van der Waals surface area contributed by atoms with Crippen LogP contribution < -0.4 is 14.4 Å². The highest BCUT2D eigenvalue weighted by Crippen LogP contribution is 2.28. The number of amides is 2. The molecule has 0 aromatic heterocycles. The summed E-state index contributed by atoms with van der Waals surface area (Å²) in [5.74, 6) is -0.930. The number of carbonyl (C=O) groups is 2. The van der Waals surface area contributed by atoms with E-state index in [1.165, 1.54) is 54.5 Å². The Bertz CT molecular complexity index is 1400. The number of hydrogen-bond acceptors (Lipinski definition) is 5. The second-order valence-electron chi connectivity index (χ2n) is 9.39. The number of sulfonamides is 1. The maximum Gasteiger partial charge on any atom is 0.264 e. The van der Waals surface area contributed by atoms with Crippen LogP contribution in [0, 0.1) is 12.7 Å². The van der Waals surface area contributed by atoms with E-state index < -0.39 is 34.3 Å². The molecule has 2 amide bonds. The van der Waals surface area contributed by atoms with Gasteiger partial charge in [-0.05, 0) is 61.7 Å². The summed E-state index contributed by atoms with van der Waals surface area (Å²) in [7, 11) is -2.72. The van der Waals surface area contributed by atoms with Crippen molar-refractivity contribution in [1.29, 1.82) is 0 Å². The first-order valence-corrected chi connectivity index (χ1v) is 14.6. The first-order chi connectivity index (χ1) is 19.1. The lowest BCUT2D eigenvalue weighted by Crippen LogP contribution is -2.52. The average Bonchev–Trinajstić information content (AvgIpc) is 2.95. The number of aryl methyl sites for hydroxylation is 1. The van der Waals surface area contributed by atoms with Gasteiger partial charge in [0.1, 0.15) is 24.2 Å². The molecular formula is C30H36FN3O5S. The molecule has 0 aliphatic heterocycles. The van der Waals surface area contributed by atoms with Crippen molar-refractivity contribution in [3.63, 3.8) is 0 Å². The van der Waals surface area contributed by atoms with Gasteiger partial charge in [0.2, 0.25) is 11.8 Å². The van der Waals surface area contributed by atoms with Crippen LogP contribution in [0.15, 0.2) is 77.7 Å². The third-order valence-corrected chi connectivity index (χ3v) is 8.22. The van der Waals surface area contributed by atoms with Crippen LogP contribution in [0.4, 0.5) is 10.1 Å². The number of hydrogen-bond donors (Lipinski definition) is 1. The van der Waals surface area contributed by atoms with Gasteiger partial charge in [0.25, 0.3) is 10.0 Å². The standard InChI is InChI=1S/C30H36FN3O5S/c1-5-18-32-30(36)28(6-2)33(20-23-12-14-24(31)15-13-23)29(35)21-34(25-8-7-9-26(19-25)39-4)40(37,38)27-16-10-22(3)11-17-27/h7-17,19,28H,5-6,18,20-21H2,1-4H3,(H,32,36)/t28-/m0/s1. The average molecular weight is 570 g/mol. The van der Waals surface area contributed by atoms with Gasteiger partial charge in [-0.1, -0.05) is 49.7 Å². The SMILES string of the molecule is CCCNC(=O)[C@H](CC)N(Cc1ccc(F)cc1)C(=O)CN(c1cccc(OC)c1)S(=O)(=O)c1ccc(C)cc1. The molecule has 8 nitrogen and oxygen atoms in total. The van der Waals surface area contributed by atoms with Gasteiger partial charge in [-0.15, -0.1) is 0 Å². The van der Waals surface area contributed by atoms with Crippen LogP contribution in [0.3, 0.4) is 0 Å². The van der Waals surface area contributed by atoms with Crippen LogP contribution in [0.25, 0.3) is 0 Å². The summed E-state index contributed by atoms with van der Waals surface area (Å²) in [6.07, 6.45) is 1.01. The number of benzene rings is 3. The molecule has 0 unspecified atom stereocenters. The second-order valence-corrected chi connectivity index (χ2v) is 11.3. The highest BCUT2D eigenvalue weighted by atomic mass is 32.2. The summed E-state index contributed by atoms with van der Waals surface area (Å²) in [5, 5.41) is 2.83. The van der Waals surface area contributed by atoms with Gasteiger partial charge in [-0.2, -0.15) is 0 Å². The number of carbonyl (C=O) groups excluding carboxylic acids is 2. The van der Waals surface area contributed by atoms with E-state index in [0.29, 0.717) is 30.7 Å². The number of halogens is 1. The Morgan fingerprint density at radius 1 is 1.00 bits per heavy atom. The third kappa shape index (κ3) is 7.59. The monoisotopic (exact) mass is 569 g/mol. The molecule has 0 radical (unpaired) electrons. The lowest BCUT2D eigenvalue weighted by molar-refractivity contribution is -0.140. The smallest absolute Gasteiger partial charge is 0.264 e. The molecule has 0 aliphatic rings. The summed E-state index contributed by atoms with van der Waals surface area (Å²) in [6.45, 7) is 5.41. The van der Waals surface area contributed by atoms with Crippen molar-refractivity contribution < 1.29 is 27.1 Å². The van der Waals surface area contributed by atoms with Gasteiger partial charge in [-0.3, -0.25) is 13.9 Å². The number of nitrogens with zero attached hydrogens (tertiary/aromatic N) is 2. The maximum atomic E-state index is 14.0. The number of nitrogens with one attached hydrogen (secondary N) is 1. The summed E-state index contributed by atoms with van der Waals surface area (Å²) < 4.78 is 47.7. The molecule has 0 fully saturated rings. The second kappa shape index (κ2) is 13.9. The first kappa shape index (κ1) is 30.6. The fourth-order valence-electron chi connectivity index (χ4n) is 4.20. The van der Waals surface area contributed by atoms with E-state index in [0.717, 1.165) is 9.87 Å². The van der Waals surface area contributed by atoms with Crippen molar-refractivity contribution in [2.24, 2.45) is 0 Å². The quantitative estimate of drug-likeness (QED) is 0.323. The minimum absolute atomic E-state index is 0.00625. The number of methoxy groups -OCH3 is 1. The molecule has 0 saturated heterocycles. The van der Waals surface area contributed by atoms with Crippen LogP contribution in [0.2, 0.25) is 0 Å². The van der Waals surface area contributed by atoms with Gasteiger partial charge in [-0.25, -0.2) is 12.8 Å². The fourth-order valence-corrected chi connectivity index (χ4v) is 5.61. The predicted molar refractivity (Wildman–Crippen MR) is 153 cm³/mol. The Morgan fingerprint density at radius 3 is 2.27 bits per heavy atom. The van der Waals surface area contributed by atoms with Crippen LogP contribution in [-0.4, -0.2) is 51.4 Å². The molecule has 1 atom stereocenters. The molecule has 3 aromatic carbocycles. The predicted octanol–water partition coefficient (Wildman–Crippen LogP) is 4.67. The van der Waals surface area contributed by atoms with Gasteiger partial charge in [0.15, 0.2) is 0 Å². The van der Waals surface area contributed by atoms with Gasteiger partial charge >= 0.3 is 0 Å². The van der Waals surface area contributed by atoms with E-state index >= 15 is 0 Å². The Hall–Kier alpha value is -3.92. The summed E-state index contributed by atoms with van der Waals surface area (Å²) in [6, 6.07) is 17.6. The molecule has 214 valence electrons. The molecule has 0 bridgehead atoms. The fraction of sp³-hybridized carbons (Fsp3) is 0.333. The van der Waals surface area contributed by atoms with Crippen LogP contribution in [0.5, 0.6) is 5.75 Å². The Kier molecular flexibility index (Phi) is 10.7. The first-order valence-electron chi connectivity index (χ1n) is 13.2. The topological polar surface area (TPSA) is 96.0 Å². The summed E-state index contributed by atoms with van der Waals surface area (Å²) >= 11 is 0. The third-order valence-electron chi connectivity index (χ3n) is 6.43. The zero-order valence-electron chi connectivity index (χ0n) is 23.3.